The molecule has 6 nitrogen and oxygen atoms in total. The quantitative estimate of drug-likeness (QED) is 0.718. The molecule has 28 heavy (non-hydrogen) atoms. The minimum absolute atomic E-state index is 0.0266. The van der Waals surface area contributed by atoms with Gasteiger partial charge in [0, 0.05) is 43.9 Å². The van der Waals surface area contributed by atoms with Crippen molar-refractivity contribution in [1.29, 1.82) is 0 Å². The van der Waals surface area contributed by atoms with Crippen molar-refractivity contribution in [2.75, 3.05) is 13.1 Å². The highest BCUT2D eigenvalue weighted by Gasteiger charge is 2.34. The number of rotatable bonds is 2. The number of aromatic nitrogens is 1. The fourth-order valence-corrected chi connectivity index (χ4v) is 4.87. The van der Waals surface area contributed by atoms with Gasteiger partial charge in [0.2, 0.25) is 5.43 Å². The Morgan fingerprint density at radius 3 is 2.86 bits per heavy atom. The Balaban J connectivity index is 1.50. The zero-order chi connectivity index (χ0) is 19.4. The Bertz CT molecular complexity index is 1200. The molecule has 1 N–H and O–H groups in total. The van der Waals surface area contributed by atoms with Crippen LogP contribution in [0.15, 0.2) is 50.6 Å². The van der Waals surface area contributed by atoms with Crippen LogP contribution in [0.2, 0.25) is 5.02 Å². The van der Waals surface area contributed by atoms with Crippen LogP contribution < -0.4 is 11.0 Å². The number of aromatic hydroxyl groups is 1. The Hall–Kier alpha value is -2.57. The molecular formula is C21H19ClN2O4. The third kappa shape index (κ3) is 2.75. The maximum atomic E-state index is 12.3. The summed E-state index contributed by atoms with van der Waals surface area (Å²) >= 11 is 5.89. The van der Waals surface area contributed by atoms with Crippen LogP contribution in [0.1, 0.15) is 23.6 Å². The zero-order valence-electron chi connectivity index (χ0n) is 15.1. The highest BCUT2D eigenvalue weighted by molar-refractivity contribution is 6.30. The van der Waals surface area contributed by atoms with Crippen LogP contribution in [0.4, 0.5) is 0 Å². The number of piperidine rings is 1. The van der Waals surface area contributed by atoms with E-state index in [-0.39, 0.29) is 27.7 Å². The number of hydrogen-bond donors (Lipinski definition) is 1. The lowest BCUT2D eigenvalue weighted by Crippen LogP contribution is -2.46. The molecule has 2 aliphatic heterocycles. The molecule has 4 heterocycles. The molecule has 7 heteroatoms. The molecule has 1 fully saturated rings. The number of likely N-dealkylation sites (tertiary alicyclic amines) is 1. The summed E-state index contributed by atoms with van der Waals surface area (Å²) in [5.41, 5.74) is 1.81. The fraction of sp³-hybridized carbons (Fsp3) is 0.333. The minimum Gasteiger partial charge on any atom is -0.507 e. The summed E-state index contributed by atoms with van der Waals surface area (Å²) in [6, 6.07) is 8.53. The van der Waals surface area contributed by atoms with Crippen molar-refractivity contribution in [3.05, 3.63) is 73.5 Å². The van der Waals surface area contributed by atoms with E-state index in [9.17, 15) is 14.7 Å². The zero-order valence-corrected chi connectivity index (χ0v) is 15.9. The largest absolute Gasteiger partial charge is 0.507 e. The summed E-state index contributed by atoms with van der Waals surface area (Å²) in [6.07, 6.45) is 2.29. The average molecular weight is 399 g/mol. The number of nitrogens with zero attached hydrogens (tertiary/aromatic N) is 2. The van der Waals surface area contributed by atoms with Gasteiger partial charge in [0.05, 0.1) is 10.9 Å². The van der Waals surface area contributed by atoms with Crippen LogP contribution in [0.3, 0.4) is 0 Å². The van der Waals surface area contributed by atoms with Crippen molar-refractivity contribution in [3.8, 4) is 5.75 Å². The van der Waals surface area contributed by atoms with Gasteiger partial charge in [-0.05, 0) is 30.5 Å². The van der Waals surface area contributed by atoms with Gasteiger partial charge in [-0.1, -0.05) is 17.7 Å². The van der Waals surface area contributed by atoms with Crippen molar-refractivity contribution in [2.24, 2.45) is 5.92 Å². The van der Waals surface area contributed by atoms with E-state index in [0.29, 0.717) is 35.5 Å². The number of hydrogen-bond acceptors (Lipinski definition) is 5. The second kappa shape index (κ2) is 6.50. The SMILES string of the molecule is O=c1c(Cl)coc2c(CN3C[C@H]4C[C@@H](C3)c3cccc(=O)n3C4)c(O)ccc12. The number of halogens is 1. The molecule has 0 amide bonds. The van der Waals surface area contributed by atoms with E-state index in [0.717, 1.165) is 25.2 Å². The van der Waals surface area contributed by atoms with E-state index in [1.807, 2.05) is 16.7 Å². The van der Waals surface area contributed by atoms with Crippen LogP contribution in [-0.2, 0) is 13.1 Å². The monoisotopic (exact) mass is 398 g/mol. The first-order valence-electron chi connectivity index (χ1n) is 9.35. The highest BCUT2D eigenvalue weighted by atomic mass is 35.5. The van der Waals surface area contributed by atoms with E-state index >= 15 is 0 Å². The van der Waals surface area contributed by atoms with Crippen LogP contribution in [0.25, 0.3) is 11.0 Å². The summed E-state index contributed by atoms with van der Waals surface area (Å²) in [5, 5.41) is 10.8. The van der Waals surface area contributed by atoms with Gasteiger partial charge >= 0.3 is 0 Å². The number of benzene rings is 1. The minimum atomic E-state index is -0.298. The molecule has 2 atom stereocenters. The standard InChI is InChI=1S/C21H19ClN2O4/c22-16-11-28-21-14(20(16)27)4-5-18(25)15(21)10-23-7-12-6-13(9-23)17-2-1-3-19(26)24(17)8-12/h1-5,11-13,25H,6-10H2/t12-,13+/m1/s1. The van der Waals surface area contributed by atoms with Crippen LogP contribution in [-0.4, -0.2) is 27.7 Å². The number of phenolic OH excluding ortho intramolecular Hbond substituents is 1. The van der Waals surface area contributed by atoms with Gasteiger partial charge in [0.1, 0.15) is 22.6 Å². The van der Waals surface area contributed by atoms with Gasteiger partial charge in [0.25, 0.3) is 5.56 Å². The molecule has 0 spiro atoms. The van der Waals surface area contributed by atoms with E-state index in [2.05, 4.69) is 4.90 Å². The molecule has 0 radical (unpaired) electrons. The topological polar surface area (TPSA) is 75.7 Å². The number of phenols is 1. The molecule has 0 aliphatic carbocycles. The summed E-state index contributed by atoms with van der Waals surface area (Å²) in [6.45, 7) is 2.80. The van der Waals surface area contributed by atoms with Crippen LogP contribution in [0, 0.1) is 5.92 Å². The van der Waals surface area contributed by atoms with Crippen LogP contribution in [0.5, 0.6) is 5.75 Å². The van der Waals surface area contributed by atoms with Crippen molar-refractivity contribution in [2.45, 2.75) is 25.4 Å². The maximum Gasteiger partial charge on any atom is 0.250 e. The molecule has 0 unspecified atom stereocenters. The molecule has 2 aromatic heterocycles. The first-order valence-corrected chi connectivity index (χ1v) is 9.73. The second-order valence-corrected chi connectivity index (χ2v) is 8.15. The van der Waals surface area contributed by atoms with Gasteiger partial charge in [-0.3, -0.25) is 14.5 Å². The second-order valence-electron chi connectivity index (χ2n) is 7.74. The maximum absolute atomic E-state index is 12.3. The van der Waals surface area contributed by atoms with Crippen molar-refractivity contribution in [1.82, 2.24) is 9.47 Å². The third-order valence-corrected chi connectivity index (χ3v) is 6.18. The Kier molecular flexibility index (Phi) is 4.07. The van der Waals surface area contributed by atoms with Gasteiger partial charge < -0.3 is 14.1 Å². The molecule has 5 rings (SSSR count). The van der Waals surface area contributed by atoms with E-state index in [1.165, 1.54) is 12.3 Å². The summed E-state index contributed by atoms with van der Waals surface area (Å²) < 4.78 is 7.47. The predicted octanol–water partition coefficient (Wildman–Crippen LogP) is 2.93. The van der Waals surface area contributed by atoms with Crippen molar-refractivity contribution < 1.29 is 9.52 Å². The summed E-state index contributed by atoms with van der Waals surface area (Å²) in [7, 11) is 0. The smallest absolute Gasteiger partial charge is 0.250 e. The molecule has 2 bridgehead atoms. The fourth-order valence-electron chi connectivity index (χ4n) is 4.72. The van der Waals surface area contributed by atoms with Gasteiger partial charge in [-0.2, -0.15) is 0 Å². The van der Waals surface area contributed by atoms with Crippen molar-refractivity contribution in [3.63, 3.8) is 0 Å². The van der Waals surface area contributed by atoms with Gasteiger partial charge in [-0.25, -0.2) is 0 Å². The first-order chi connectivity index (χ1) is 13.5. The van der Waals surface area contributed by atoms with Gasteiger partial charge in [0.15, 0.2) is 0 Å². The lowest BCUT2D eigenvalue weighted by Gasteiger charge is -2.42. The molecule has 2 aliphatic rings. The number of pyridine rings is 1. The Morgan fingerprint density at radius 1 is 1.14 bits per heavy atom. The lowest BCUT2D eigenvalue weighted by molar-refractivity contribution is 0.113. The van der Waals surface area contributed by atoms with Gasteiger partial charge in [-0.15, -0.1) is 0 Å². The van der Waals surface area contributed by atoms with E-state index in [1.54, 1.807) is 12.1 Å². The summed E-state index contributed by atoms with van der Waals surface area (Å²) in [4.78, 5) is 26.7. The lowest BCUT2D eigenvalue weighted by atomic mass is 9.83. The number of fused-ring (bicyclic) bond motifs is 5. The molecule has 3 aromatic rings. The molecule has 1 aromatic carbocycles. The van der Waals surface area contributed by atoms with E-state index in [4.69, 9.17) is 16.0 Å². The highest BCUT2D eigenvalue weighted by Crippen LogP contribution is 2.37. The first kappa shape index (κ1) is 17.5. The van der Waals surface area contributed by atoms with Crippen LogP contribution >= 0.6 is 11.6 Å². The molecule has 144 valence electrons. The Morgan fingerprint density at radius 2 is 2.00 bits per heavy atom. The molecule has 0 saturated carbocycles. The normalized spacial score (nSPS) is 21.6. The van der Waals surface area contributed by atoms with E-state index < -0.39 is 0 Å². The summed E-state index contributed by atoms with van der Waals surface area (Å²) in [5.74, 6) is 0.759. The predicted molar refractivity (Wildman–Crippen MR) is 106 cm³/mol. The Labute approximate surface area is 165 Å². The average Bonchev–Trinajstić information content (AvgIpc) is 2.68. The third-order valence-electron chi connectivity index (χ3n) is 5.91. The van der Waals surface area contributed by atoms with Crippen molar-refractivity contribution >= 4 is 22.6 Å². The molecule has 1 saturated heterocycles. The molecular weight excluding hydrogens is 380 g/mol.